The molecule has 0 radical (unpaired) electrons. The zero-order valence-corrected chi connectivity index (χ0v) is 15.2. The number of hydrogen-bond donors (Lipinski definition) is 1. The highest BCUT2D eigenvalue weighted by Gasteiger charge is 2.28. The zero-order chi connectivity index (χ0) is 18.6. The molecular weight excluding hydrogens is 338 g/mol. The Morgan fingerprint density at radius 2 is 2.04 bits per heavy atom. The lowest BCUT2D eigenvalue weighted by Crippen LogP contribution is -2.28. The second-order valence-corrected chi connectivity index (χ2v) is 6.71. The predicted octanol–water partition coefficient (Wildman–Crippen LogP) is 3.92. The molecule has 0 saturated heterocycles. The highest BCUT2D eigenvalue weighted by molar-refractivity contribution is 5.84. The number of carbonyl (C=O) groups is 1. The van der Waals surface area contributed by atoms with Crippen molar-refractivity contribution in [3.8, 4) is 11.6 Å². The minimum Gasteiger partial charge on any atom is -0.437 e. The maximum absolute atomic E-state index is 12.7. The topological polar surface area (TPSA) is 64.1 Å². The average Bonchev–Trinajstić information content (AvgIpc) is 3.13. The number of hydrogen-bond acceptors (Lipinski definition) is 4. The third kappa shape index (κ3) is 3.82. The van der Waals surface area contributed by atoms with Gasteiger partial charge in [0.2, 0.25) is 11.8 Å². The number of aromatic nitrogens is 2. The number of nitrogens with one attached hydrogen (secondary N) is 1. The van der Waals surface area contributed by atoms with Crippen LogP contribution in [0.5, 0.6) is 11.6 Å². The van der Waals surface area contributed by atoms with Gasteiger partial charge in [0.05, 0.1) is 12.1 Å². The van der Waals surface area contributed by atoms with Crippen molar-refractivity contribution in [1.29, 1.82) is 0 Å². The predicted molar refractivity (Wildman–Crippen MR) is 103 cm³/mol. The van der Waals surface area contributed by atoms with E-state index in [1.165, 1.54) is 5.56 Å². The molecule has 1 N–H and O–H groups in total. The molecule has 1 atom stereocenters. The summed E-state index contributed by atoms with van der Waals surface area (Å²) in [6.07, 6.45) is 5.16. The van der Waals surface area contributed by atoms with Gasteiger partial charge in [-0.2, -0.15) is 0 Å². The SMILES string of the molecule is Cc1ccc(Oc2ncccc2CNC(=O)[C@@H]2CCc3ccccc32)cn1. The lowest BCUT2D eigenvalue weighted by molar-refractivity contribution is -0.122. The van der Waals surface area contributed by atoms with Crippen LogP contribution in [0.1, 0.15) is 34.7 Å². The Kier molecular flexibility index (Phi) is 4.83. The molecule has 0 aliphatic heterocycles. The first kappa shape index (κ1) is 17.2. The smallest absolute Gasteiger partial charge is 0.227 e. The Morgan fingerprint density at radius 3 is 2.89 bits per heavy atom. The van der Waals surface area contributed by atoms with Crippen molar-refractivity contribution in [3.05, 3.63) is 83.3 Å². The van der Waals surface area contributed by atoms with E-state index in [4.69, 9.17) is 4.74 Å². The number of rotatable bonds is 5. The molecule has 1 amide bonds. The fourth-order valence-electron chi connectivity index (χ4n) is 3.41. The van der Waals surface area contributed by atoms with E-state index >= 15 is 0 Å². The lowest BCUT2D eigenvalue weighted by Gasteiger charge is -2.14. The van der Waals surface area contributed by atoms with Gasteiger partial charge in [-0.1, -0.05) is 30.3 Å². The molecule has 136 valence electrons. The normalized spacial score (nSPS) is 15.2. The number of amides is 1. The van der Waals surface area contributed by atoms with Crippen LogP contribution in [0.15, 0.2) is 60.9 Å². The molecule has 0 unspecified atom stereocenters. The van der Waals surface area contributed by atoms with Gasteiger partial charge in [-0.3, -0.25) is 9.78 Å². The summed E-state index contributed by atoms with van der Waals surface area (Å²) < 4.78 is 5.85. The molecule has 0 saturated carbocycles. The molecule has 5 heteroatoms. The largest absolute Gasteiger partial charge is 0.437 e. The molecule has 4 rings (SSSR count). The molecule has 3 aromatic rings. The number of carbonyl (C=O) groups excluding carboxylic acids is 1. The van der Waals surface area contributed by atoms with Gasteiger partial charge < -0.3 is 10.1 Å². The Morgan fingerprint density at radius 1 is 1.15 bits per heavy atom. The first-order valence-corrected chi connectivity index (χ1v) is 9.10. The third-order valence-corrected chi connectivity index (χ3v) is 4.85. The monoisotopic (exact) mass is 359 g/mol. The van der Waals surface area contributed by atoms with E-state index in [1.807, 2.05) is 43.3 Å². The summed E-state index contributed by atoms with van der Waals surface area (Å²) in [4.78, 5) is 21.2. The number of pyridine rings is 2. The third-order valence-electron chi connectivity index (χ3n) is 4.85. The molecule has 2 aromatic heterocycles. The highest BCUT2D eigenvalue weighted by Crippen LogP contribution is 2.33. The second kappa shape index (κ2) is 7.58. The van der Waals surface area contributed by atoms with E-state index in [9.17, 15) is 4.79 Å². The summed E-state index contributed by atoms with van der Waals surface area (Å²) >= 11 is 0. The van der Waals surface area contributed by atoms with Crippen molar-refractivity contribution >= 4 is 5.91 Å². The zero-order valence-electron chi connectivity index (χ0n) is 15.2. The second-order valence-electron chi connectivity index (χ2n) is 6.71. The van der Waals surface area contributed by atoms with Crippen molar-refractivity contribution in [2.24, 2.45) is 0 Å². The Bertz CT molecular complexity index is 954. The molecule has 1 aliphatic carbocycles. The maximum Gasteiger partial charge on any atom is 0.227 e. The van der Waals surface area contributed by atoms with E-state index < -0.39 is 0 Å². The van der Waals surface area contributed by atoms with Crippen molar-refractivity contribution in [3.63, 3.8) is 0 Å². The molecule has 0 fully saturated rings. The van der Waals surface area contributed by atoms with Crippen LogP contribution in [0.4, 0.5) is 0 Å². The average molecular weight is 359 g/mol. The highest BCUT2D eigenvalue weighted by atomic mass is 16.5. The van der Waals surface area contributed by atoms with Crippen LogP contribution in [-0.2, 0) is 17.8 Å². The molecule has 0 spiro atoms. The minimum atomic E-state index is -0.0801. The number of fused-ring (bicyclic) bond motifs is 1. The molecule has 2 heterocycles. The standard InChI is InChI=1S/C22H21N3O2/c1-15-8-10-18(14-24-15)27-22-17(6-4-12-23-22)13-25-21(26)20-11-9-16-5-2-3-7-19(16)20/h2-8,10,12,14,20H,9,11,13H2,1H3,(H,25,26)/t20-/m1/s1. The number of aryl methyl sites for hydroxylation is 2. The maximum atomic E-state index is 12.7. The number of benzene rings is 1. The van der Waals surface area contributed by atoms with Gasteiger partial charge in [0.1, 0.15) is 5.75 Å². The van der Waals surface area contributed by atoms with Crippen LogP contribution in [-0.4, -0.2) is 15.9 Å². The van der Waals surface area contributed by atoms with Crippen molar-refractivity contribution < 1.29 is 9.53 Å². The van der Waals surface area contributed by atoms with Crippen LogP contribution < -0.4 is 10.1 Å². The van der Waals surface area contributed by atoms with Gasteiger partial charge in [-0.25, -0.2) is 4.98 Å². The van der Waals surface area contributed by atoms with Gasteiger partial charge in [0.25, 0.3) is 0 Å². The summed E-state index contributed by atoms with van der Waals surface area (Å²) in [7, 11) is 0. The van der Waals surface area contributed by atoms with Gasteiger partial charge in [0, 0.05) is 24.0 Å². The summed E-state index contributed by atoms with van der Waals surface area (Å²) in [5.74, 6) is 1.07. The summed E-state index contributed by atoms with van der Waals surface area (Å²) in [5.41, 5.74) is 4.17. The van der Waals surface area contributed by atoms with Gasteiger partial charge in [-0.05, 0) is 49.1 Å². The van der Waals surface area contributed by atoms with E-state index in [0.717, 1.165) is 29.7 Å². The van der Waals surface area contributed by atoms with Gasteiger partial charge in [0.15, 0.2) is 0 Å². The molecular formula is C22H21N3O2. The van der Waals surface area contributed by atoms with E-state index in [-0.39, 0.29) is 11.8 Å². The first-order chi connectivity index (χ1) is 13.2. The van der Waals surface area contributed by atoms with Gasteiger partial charge >= 0.3 is 0 Å². The summed E-state index contributed by atoms with van der Waals surface area (Å²) in [6.45, 7) is 2.30. The van der Waals surface area contributed by atoms with Gasteiger partial charge in [-0.15, -0.1) is 0 Å². The van der Waals surface area contributed by atoms with Crippen LogP contribution >= 0.6 is 0 Å². The Hall–Kier alpha value is -3.21. The number of nitrogens with zero attached hydrogens (tertiary/aromatic N) is 2. The molecule has 5 nitrogen and oxygen atoms in total. The molecule has 0 bridgehead atoms. The van der Waals surface area contributed by atoms with Crippen LogP contribution in [0.25, 0.3) is 0 Å². The van der Waals surface area contributed by atoms with Crippen LogP contribution in [0, 0.1) is 6.92 Å². The molecule has 1 aliphatic rings. The fraction of sp³-hybridized carbons (Fsp3) is 0.227. The number of ether oxygens (including phenoxy) is 1. The fourth-order valence-corrected chi connectivity index (χ4v) is 3.41. The van der Waals surface area contributed by atoms with Crippen molar-refractivity contribution in [2.75, 3.05) is 0 Å². The van der Waals surface area contributed by atoms with E-state index in [2.05, 4.69) is 27.4 Å². The lowest BCUT2D eigenvalue weighted by atomic mass is 10.0. The summed E-state index contributed by atoms with van der Waals surface area (Å²) in [6, 6.07) is 15.7. The quantitative estimate of drug-likeness (QED) is 0.750. The molecule has 27 heavy (non-hydrogen) atoms. The first-order valence-electron chi connectivity index (χ1n) is 9.10. The minimum absolute atomic E-state index is 0.0479. The van der Waals surface area contributed by atoms with E-state index in [0.29, 0.717) is 18.2 Å². The van der Waals surface area contributed by atoms with Crippen molar-refractivity contribution in [2.45, 2.75) is 32.2 Å². The van der Waals surface area contributed by atoms with Crippen LogP contribution in [0.2, 0.25) is 0 Å². The van der Waals surface area contributed by atoms with Crippen molar-refractivity contribution in [1.82, 2.24) is 15.3 Å². The van der Waals surface area contributed by atoms with E-state index in [1.54, 1.807) is 12.4 Å². The Labute approximate surface area is 158 Å². The molecule has 1 aromatic carbocycles. The Balaban J connectivity index is 1.44. The summed E-state index contributed by atoms with van der Waals surface area (Å²) in [5, 5.41) is 3.04. The van der Waals surface area contributed by atoms with Crippen LogP contribution in [0.3, 0.4) is 0 Å².